The lowest BCUT2D eigenvalue weighted by molar-refractivity contribution is 0.188. The van der Waals surface area contributed by atoms with Gasteiger partial charge in [0.2, 0.25) is 0 Å². The van der Waals surface area contributed by atoms with Crippen molar-refractivity contribution < 1.29 is 13.5 Å². The molecule has 0 spiro atoms. The highest BCUT2D eigenvalue weighted by atomic mass is 32.2. The SMILES string of the molecule is C[C@@H](O)[C@H](c1ccccc1)S(C)(=O)=O. The van der Waals surface area contributed by atoms with E-state index < -0.39 is 21.2 Å². The molecular formula is C10H14O3S. The summed E-state index contributed by atoms with van der Waals surface area (Å²) in [4.78, 5) is 0. The first kappa shape index (κ1) is 11.2. The molecule has 3 nitrogen and oxygen atoms in total. The van der Waals surface area contributed by atoms with Crippen LogP contribution in [0.2, 0.25) is 0 Å². The van der Waals surface area contributed by atoms with Crippen molar-refractivity contribution >= 4 is 9.84 Å². The molecule has 1 aromatic carbocycles. The van der Waals surface area contributed by atoms with E-state index in [9.17, 15) is 13.5 Å². The van der Waals surface area contributed by atoms with Gasteiger partial charge in [0.25, 0.3) is 0 Å². The maximum Gasteiger partial charge on any atom is 0.156 e. The van der Waals surface area contributed by atoms with E-state index in [0.717, 1.165) is 6.26 Å². The number of aliphatic hydroxyl groups excluding tert-OH is 1. The first-order valence-electron chi connectivity index (χ1n) is 4.35. The number of rotatable bonds is 3. The Balaban J connectivity index is 3.15. The number of hydrogen-bond acceptors (Lipinski definition) is 3. The lowest BCUT2D eigenvalue weighted by Gasteiger charge is -2.18. The summed E-state index contributed by atoms with van der Waals surface area (Å²) in [7, 11) is -3.27. The molecule has 0 aromatic heterocycles. The van der Waals surface area contributed by atoms with Gasteiger partial charge in [-0.1, -0.05) is 30.3 Å². The molecule has 0 aliphatic carbocycles. The van der Waals surface area contributed by atoms with Gasteiger partial charge in [-0.3, -0.25) is 0 Å². The van der Waals surface area contributed by atoms with E-state index in [1.807, 2.05) is 6.07 Å². The van der Waals surface area contributed by atoms with Crippen LogP contribution in [0.3, 0.4) is 0 Å². The van der Waals surface area contributed by atoms with Gasteiger partial charge in [-0.25, -0.2) is 8.42 Å². The van der Waals surface area contributed by atoms with Crippen LogP contribution in [-0.4, -0.2) is 25.9 Å². The third-order valence-electron chi connectivity index (χ3n) is 2.03. The summed E-state index contributed by atoms with van der Waals surface area (Å²) in [5.41, 5.74) is 0.630. The summed E-state index contributed by atoms with van der Waals surface area (Å²) >= 11 is 0. The van der Waals surface area contributed by atoms with E-state index >= 15 is 0 Å². The summed E-state index contributed by atoms with van der Waals surface area (Å²) in [6.07, 6.45) is 0.240. The largest absolute Gasteiger partial charge is 0.392 e. The molecule has 78 valence electrons. The van der Waals surface area contributed by atoms with Crippen LogP contribution in [0.15, 0.2) is 30.3 Å². The van der Waals surface area contributed by atoms with Crippen LogP contribution in [0.4, 0.5) is 0 Å². The molecule has 0 radical (unpaired) electrons. The van der Waals surface area contributed by atoms with Gasteiger partial charge in [0.15, 0.2) is 9.84 Å². The fourth-order valence-electron chi connectivity index (χ4n) is 1.53. The maximum atomic E-state index is 11.4. The van der Waals surface area contributed by atoms with Gasteiger partial charge in [0.1, 0.15) is 5.25 Å². The Morgan fingerprint density at radius 3 is 2.07 bits per heavy atom. The lowest BCUT2D eigenvalue weighted by atomic mass is 10.1. The third-order valence-corrected chi connectivity index (χ3v) is 3.62. The summed E-state index contributed by atoms with van der Waals surface area (Å²) in [6, 6.07) is 8.74. The van der Waals surface area contributed by atoms with Crippen molar-refractivity contribution in [1.82, 2.24) is 0 Å². The quantitative estimate of drug-likeness (QED) is 0.821. The fraction of sp³-hybridized carbons (Fsp3) is 0.400. The first-order valence-corrected chi connectivity index (χ1v) is 6.30. The molecule has 1 aromatic rings. The number of hydrogen-bond donors (Lipinski definition) is 1. The molecule has 0 unspecified atom stereocenters. The van der Waals surface area contributed by atoms with Gasteiger partial charge in [-0.05, 0) is 12.5 Å². The highest BCUT2D eigenvalue weighted by Crippen LogP contribution is 2.24. The van der Waals surface area contributed by atoms with E-state index in [-0.39, 0.29) is 0 Å². The van der Waals surface area contributed by atoms with E-state index in [2.05, 4.69) is 0 Å². The third kappa shape index (κ3) is 2.56. The Morgan fingerprint density at radius 1 is 1.21 bits per heavy atom. The average Bonchev–Trinajstić information content (AvgIpc) is 2.02. The molecule has 1 N–H and O–H groups in total. The van der Waals surface area contributed by atoms with Crippen LogP contribution in [0.25, 0.3) is 0 Å². The molecule has 0 aliphatic rings. The minimum absolute atomic E-state index is 0.630. The molecule has 14 heavy (non-hydrogen) atoms. The van der Waals surface area contributed by atoms with E-state index in [4.69, 9.17) is 0 Å². The van der Waals surface area contributed by atoms with Crippen molar-refractivity contribution in [1.29, 1.82) is 0 Å². The second kappa shape index (κ2) is 4.11. The van der Waals surface area contributed by atoms with Crippen molar-refractivity contribution in [2.45, 2.75) is 18.3 Å². The van der Waals surface area contributed by atoms with Crippen LogP contribution in [0, 0.1) is 0 Å². The summed E-state index contributed by atoms with van der Waals surface area (Å²) in [5.74, 6) is 0. The molecule has 0 fully saturated rings. The lowest BCUT2D eigenvalue weighted by Crippen LogP contribution is -2.22. The molecular weight excluding hydrogens is 200 g/mol. The van der Waals surface area contributed by atoms with Gasteiger partial charge < -0.3 is 5.11 Å². The molecule has 0 amide bonds. The smallest absolute Gasteiger partial charge is 0.156 e. The predicted octanol–water partition coefficient (Wildman–Crippen LogP) is 1.15. The Kier molecular flexibility index (Phi) is 3.29. The monoisotopic (exact) mass is 214 g/mol. The van der Waals surface area contributed by atoms with Crippen molar-refractivity contribution in [2.24, 2.45) is 0 Å². The van der Waals surface area contributed by atoms with Gasteiger partial charge in [-0.15, -0.1) is 0 Å². The summed E-state index contributed by atoms with van der Waals surface area (Å²) in [5, 5.41) is 8.59. The Bertz CT molecular complexity index is 381. The first-order chi connectivity index (χ1) is 6.43. The molecule has 0 aliphatic heterocycles. The van der Waals surface area contributed by atoms with E-state index in [1.54, 1.807) is 24.3 Å². The Labute approximate surface area is 84.3 Å². The van der Waals surface area contributed by atoms with Crippen molar-refractivity contribution in [2.75, 3.05) is 6.26 Å². The van der Waals surface area contributed by atoms with Crippen LogP contribution in [0.5, 0.6) is 0 Å². The zero-order valence-corrected chi connectivity index (χ0v) is 9.03. The Hall–Kier alpha value is -0.870. The van der Waals surface area contributed by atoms with Crippen LogP contribution in [-0.2, 0) is 9.84 Å². The zero-order valence-electron chi connectivity index (χ0n) is 8.21. The van der Waals surface area contributed by atoms with Crippen molar-refractivity contribution in [3.05, 3.63) is 35.9 Å². The normalized spacial score (nSPS) is 16.2. The highest BCUT2D eigenvalue weighted by Gasteiger charge is 2.27. The topological polar surface area (TPSA) is 54.4 Å². The van der Waals surface area contributed by atoms with Crippen LogP contribution >= 0.6 is 0 Å². The minimum atomic E-state index is -3.27. The second-order valence-corrected chi connectivity index (χ2v) is 5.57. The molecule has 0 heterocycles. The van der Waals surface area contributed by atoms with Gasteiger partial charge >= 0.3 is 0 Å². The average molecular weight is 214 g/mol. The molecule has 0 saturated carbocycles. The van der Waals surface area contributed by atoms with Crippen LogP contribution < -0.4 is 0 Å². The van der Waals surface area contributed by atoms with Crippen molar-refractivity contribution in [3.8, 4) is 0 Å². The number of aliphatic hydroxyl groups is 1. The maximum absolute atomic E-state index is 11.4. The van der Waals surface area contributed by atoms with Gasteiger partial charge in [-0.2, -0.15) is 0 Å². The standard InChI is InChI=1S/C10H14O3S/c1-8(11)10(14(2,12)13)9-6-4-3-5-7-9/h3-8,10-11H,1-2H3/t8-,10-/m1/s1. The van der Waals surface area contributed by atoms with Crippen LogP contribution in [0.1, 0.15) is 17.7 Å². The number of benzene rings is 1. The van der Waals surface area contributed by atoms with Gasteiger partial charge in [0.05, 0.1) is 6.10 Å². The van der Waals surface area contributed by atoms with E-state index in [0.29, 0.717) is 5.56 Å². The molecule has 0 bridgehead atoms. The van der Waals surface area contributed by atoms with Crippen molar-refractivity contribution in [3.63, 3.8) is 0 Å². The van der Waals surface area contributed by atoms with E-state index in [1.165, 1.54) is 6.92 Å². The summed E-state index contributed by atoms with van der Waals surface area (Å²) in [6.45, 7) is 1.48. The molecule has 4 heteroatoms. The van der Waals surface area contributed by atoms with Gasteiger partial charge in [0, 0.05) is 6.26 Å². The summed E-state index contributed by atoms with van der Waals surface area (Å²) < 4.78 is 22.8. The number of sulfone groups is 1. The Morgan fingerprint density at radius 2 is 1.71 bits per heavy atom. The highest BCUT2D eigenvalue weighted by molar-refractivity contribution is 7.91. The second-order valence-electron chi connectivity index (χ2n) is 3.40. The fourth-order valence-corrected chi connectivity index (χ4v) is 2.89. The zero-order chi connectivity index (χ0) is 10.8. The molecule has 0 saturated heterocycles. The molecule has 1 rings (SSSR count). The molecule has 2 atom stereocenters. The predicted molar refractivity (Wildman–Crippen MR) is 55.7 cm³/mol. The minimum Gasteiger partial charge on any atom is -0.392 e.